The molecule has 7 atom stereocenters. The van der Waals surface area contributed by atoms with E-state index in [4.69, 9.17) is 14.2 Å². The normalized spacial score (nSPS) is 39.5. The van der Waals surface area contributed by atoms with Gasteiger partial charge in [0, 0.05) is 11.5 Å². The van der Waals surface area contributed by atoms with Crippen LogP contribution in [-0.2, 0) is 14.3 Å². The number of ether oxygens (including phenoxy) is 3. The SMILES string of the molecule is COC(=O)c1ccc2ccc3c(c2c1)C1=C2C(O3)C3C4CC5CC(C4)C2C3(CC(=O)O1)C5. The van der Waals surface area contributed by atoms with Gasteiger partial charge < -0.3 is 14.2 Å². The molecule has 2 aromatic rings. The third-order valence-electron chi connectivity index (χ3n) is 9.61. The van der Waals surface area contributed by atoms with Crippen molar-refractivity contribution < 1.29 is 23.8 Å². The molecule has 0 radical (unpaired) electrons. The fraction of sp³-hybridized carbons (Fsp3) is 0.481. The molecule has 162 valence electrons. The number of benzene rings is 2. The Bertz CT molecular complexity index is 1290. The number of hydrogen-bond acceptors (Lipinski definition) is 5. The minimum Gasteiger partial charge on any atom is -0.485 e. The highest BCUT2D eigenvalue weighted by atomic mass is 16.5. The first-order valence-corrected chi connectivity index (χ1v) is 11.8. The molecule has 1 spiro atoms. The Morgan fingerprint density at radius 3 is 2.84 bits per heavy atom. The Kier molecular flexibility index (Phi) is 3.08. The number of hydrogen-bond donors (Lipinski definition) is 0. The average molecular weight is 428 g/mol. The first-order chi connectivity index (χ1) is 15.6. The van der Waals surface area contributed by atoms with Crippen molar-refractivity contribution in [1.29, 1.82) is 0 Å². The highest BCUT2D eigenvalue weighted by Gasteiger charge is 2.73. The van der Waals surface area contributed by atoms with Gasteiger partial charge in [-0.25, -0.2) is 4.79 Å². The average Bonchev–Trinajstić information content (AvgIpc) is 2.92. The molecule has 7 bridgehead atoms. The van der Waals surface area contributed by atoms with Crippen molar-refractivity contribution in [3.8, 4) is 5.75 Å². The second kappa shape index (κ2) is 5.56. The smallest absolute Gasteiger partial charge is 0.337 e. The van der Waals surface area contributed by atoms with E-state index in [0.717, 1.165) is 40.2 Å². The zero-order chi connectivity index (χ0) is 21.4. The van der Waals surface area contributed by atoms with Crippen LogP contribution in [0.4, 0.5) is 0 Å². The van der Waals surface area contributed by atoms with E-state index >= 15 is 0 Å². The summed E-state index contributed by atoms with van der Waals surface area (Å²) in [5.41, 5.74) is 2.59. The van der Waals surface area contributed by atoms with Crippen molar-refractivity contribution in [3.05, 3.63) is 47.0 Å². The molecule has 7 aliphatic rings. The largest absolute Gasteiger partial charge is 0.485 e. The van der Waals surface area contributed by atoms with Crippen molar-refractivity contribution in [2.45, 2.75) is 38.2 Å². The lowest BCUT2D eigenvalue weighted by molar-refractivity contribution is -0.160. The van der Waals surface area contributed by atoms with E-state index in [1.54, 1.807) is 6.07 Å². The van der Waals surface area contributed by atoms with Crippen LogP contribution in [0.2, 0.25) is 0 Å². The van der Waals surface area contributed by atoms with Gasteiger partial charge in [-0.2, -0.15) is 0 Å². The van der Waals surface area contributed by atoms with Gasteiger partial charge in [0.1, 0.15) is 17.6 Å². The van der Waals surface area contributed by atoms with Gasteiger partial charge in [0.25, 0.3) is 0 Å². The number of methoxy groups -OCH3 is 1. The van der Waals surface area contributed by atoms with Crippen LogP contribution in [0.1, 0.15) is 48.0 Å². The molecule has 2 aliphatic heterocycles. The highest BCUT2D eigenvalue weighted by Crippen LogP contribution is 2.76. The summed E-state index contributed by atoms with van der Waals surface area (Å²) >= 11 is 0. The molecule has 7 unspecified atom stereocenters. The van der Waals surface area contributed by atoms with E-state index < -0.39 is 0 Å². The van der Waals surface area contributed by atoms with Crippen LogP contribution >= 0.6 is 0 Å². The highest BCUT2D eigenvalue weighted by molar-refractivity contribution is 6.02. The summed E-state index contributed by atoms with van der Waals surface area (Å²) < 4.78 is 17.9. The third-order valence-corrected chi connectivity index (χ3v) is 9.61. The summed E-state index contributed by atoms with van der Waals surface area (Å²) in [6.45, 7) is 0. The van der Waals surface area contributed by atoms with Crippen molar-refractivity contribution in [3.63, 3.8) is 0 Å². The van der Waals surface area contributed by atoms with Crippen molar-refractivity contribution in [2.24, 2.45) is 35.0 Å². The van der Waals surface area contributed by atoms with E-state index in [1.807, 2.05) is 24.3 Å². The lowest BCUT2D eigenvalue weighted by Gasteiger charge is -2.61. The maximum Gasteiger partial charge on any atom is 0.337 e. The Labute approximate surface area is 185 Å². The Morgan fingerprint density at radius 2 is 1.97 bits per heavy atom. The molecule has 0 aromatic heterocycles. The molecule has 0 saturated heterocycles. The Balaban J connectivity index is 1.43. The lowest BCUT2D eigenvalue weighted by Crippen LogP contribution is -2.56. The second-order valence-electron chi connectivity index (χ2n) is 10.9. The van der Waals surface area contributed by atoms with Gasteiger partial charge in [0.05, 0.1) is 24.7 Å². The molecule has 5 nitrogen and oxygen atoms in total. The zero-order valence-electron chi connectivity index (χ0n) is 17.9. The fourth-order valence-corrected chi connectivity index (χ4v) is 9.09. The van der Waals surface area contributed by atoms with Gasteiger partial charge in [0.15, 0.2) is 0 Å². The summed E-state index contributed by atoms with van der Waals surface area (Å²) in [5.74, 6) is 3.89. The number of fused-ring (bicyclic) bond motifs is 4. The van der Waals surface area contributed by atoms with Crippen LogP contribution in [0.15, 0.2) is 35.9 Å². The second-order valence-corrected chi connectivity index (χ2v) is 10.9. The molecule has 5 saturated carbocycles. The number of rotatable bonds is 1. The van der Waals surface area contributed by atoms with Crippen LogP contribution in [0, 0.1) is 35.0 Å². The van der Waals surface area contributed by atoms with Crippen LogP contribution in [0.3, 0.4) is 0 Å². The van der Waals surface area contributed by atoms with Gasteiger partial charge in [-0.15, -0.1) is 0 Å². The molecule has 5 heteroatoms. The van der Waals surface area contributed by atoms with Gasteiger partial charge >= 0.3 is 11.9 Å². The van der Waals surface area contributed by atoms with Gasteiger partial charge in [-0.1, -0.05) is 12.1 Å². The molecule has 9 rings (SSSR count). The summed E-state index contributed by atoms with van der Waals surface area (Å²) in [4.78, 5) is 25.5. The molecular weight excluding hydrogens is 404 g/mol. The maximum atomic E-state index is 13.2. The molecular formula is C27H24O5. The molecule has 5 aliphatic carbocycles. The predicted octanol–water partition coefficient (Wildman–Crippen LogP) is 4.73. The first-order valence-electron chi connectivity index (χ1n) is 11.8. The van der Waals surface area contributed by atoms with Crippen LogP contribution in [-0.4, -0.2) is 25.2 Å². The van der Waals surface area contributed by atoms with Gasteiger partial charge in [-0.3, -0.25) is 4.79 Å². The topological polar surface area (TPSA) is 61.8 Å². The van der Waals surface area contributed by atoms with Crippen LogP contribution in [0.25, 0.3) is 16.5 Å². The molecule has 0 N–H and O–H groups in total. The predicted molar refractivity (Wildman–Crippen MR) is 116 cm³/mol. The van der Waals surface area contributed by atoms with E-state index in [2.05, 4.69) is 0 Å². The summed E-state index contributed by atoms with van der Waals surface area (Å²) in [7, 11) is 1.39. The number of esters is 2. The first kappa shape index (κ1) is 17.7. The van der Waals surface area contributed by atoms with E-state index in [0.29, 0.717) is 35.7 Å². The third kappa shape index (κ3) is 1.89. The fourth-order valence-electron chi connectivity index (χ4n) is 9.09. The van der Waals surface area contributed by atoms with E-state index in [1.165, 1.54) is 31.9 Å². The molecule has 2 aromatic carbocycles. The molecule has 5 fully saturated rings. The monoisotopic (exact) mass is 428 g/mol. The molecule has 2 heterocycles. The summed E-state index contributed by atoms with van der Waals surface area (Å²) in [5, 5.41) is 1.87. The standard InChI is InChI=1S/C27H24O5/c1-30-26(29)14-3-2-13-4-5-18-20(17(13)9-14)24-21-22-15-6-12-7-16(8-15)23(25(21)31-18)27(22,10-12)11-19(28)32-24/h2-5,9,12,15-16,22-23,25H,6-8,10-11H2,1H3. The minimum absolute atomic E-state index is 0.0165. The summed E-state index contributed by atoms with van der Waals surface area (Å²) in [6.07, 6.45) is 5.52. The zero-order valence-corrected chi connectivity index (χ0v) is 17.9. The number of carbonyl (C=O) groups is 2. The van der Waals surface area contributed by atoms with Crippen LogP contribution in [0.5, 0.6) is 5.75 Å². The van der Waals surface area contributed by atoms with Crippen molar-refractivity contribution >= 4 is 28.5 Å². The molecule has 0 amide bonds. The van der Waals surface area contributed by atoms with Crippen molar-refractivity contribution in [2.75, 3.05) is 7.11 Å². The maximum absolute atomic E-state index is 13.2. The Morgan fingerprint density at radius 1 is 1.12 bits per heavy atom. The van der Waals surface area contributed by atoms with Gasteiger partial charge in [0.2, 0.25) is 0 Å². The quantitative estimate of drug-likeness (QED) is 0.615. The van der Waals surface area contributed by atoms with E-state index in [9.17, 15) is 9.59 Å². The lowest BCUT2D eigenvalue weighted by atomic mass is 9.43. The minimum atomic E-state index is -0.375. The van der Waals surface area contributed by atoms with Crippen molar-refractivity contribution in [1.82, 2.24) is 0 Å². The van der Waals surface area contributed by atoms with Gasteiger partial charge in [-0.05, 0) is 83.7 Å². The van der Waals surface area contributed by atoms with E-state index in [-0.39, 0.29) is 23.5 Å². The number of carbonyl (C=O) groups excluding carboxylic acids is 2. The molecule has 32 heavy (non-hydrogen) atoms. The Hall–Kier alpha value is -2.82. The van der Waals surface area contributed by atoms with Crippen LogP contribution < -0.4 is 4.74 Å². The summed E-state index contributed by atoms with van der Waals surface area (Å²) in [6, 6.07) is 9.59.